The minimum absolute atomic E-state index is 0.0480. The van der Waals surface area contributed by atoms with E-state index in [0.717, 1.165) is 42.9 Å². The average Bonchev–Trinajstić information content (AvgIpc) is 3.00. The summed E-state index contributed by atoms with van der Waals surface area (Å²) in [6, 6.07) is 0. The number of carbonyl (C=O) groups is 2. The number of nitrogens with one attached hydrogen (secondary N) is 2. The van der Waals surface area contributed by atoms with Crippen molar-refractivity contribution in [2.24, 2.45) is 5.92 Å². The monoisotopic (exact) mass is 376 g/mol. The number of amides is 1. The van der Waals surface area contributed by atoms with Crippen LogP contribution in [-0.2, 0) is 6.42 Å². The Bertz CT molecular complexity index is 589. The maximum absolute atomic E-state index is 12.1. The molecular weight excluding hydrogens is 336 g/mol. The Balaban J connectivity index is 0.000000345. The first kappa shape index (κ1) is 23.5. The van der Waals surface area contributed by atoms with Gasteiger partial charge in [0.1, 0.15) is 0 Å². The first-order valence-electron chi connectivity index (χ1n) is 11.0. The van der Waals surface area contributed by atoms with Crippen molar-refractivity contribution in [1.29, 1.82) is 0 Å². The van der Waals surface area contributed by atoms with Gasteiger partial charge in [0.15, 0.2) is 5.78 Å². The fraction of sp³-hybridized carbons (Fsp3) is 0.739. The first-order valence-corrected chi connectivity index (χ1v) is 11.0. The third-order valence-electron chi connectivity index (χ3n) is 5.44. The van der Waals surface area contributed by atoms with Gasteiger partial charge >= 0.3 is 0 Å². The van der Waals surface area contributed by atoms with Gasteiger partial charge in [-0.2, -0.15) is 0 Å². The number of fused-ring (bicyclic) bond motifs is 1. The summed E-state index contributed by atoms with van der Waals surface area (Å²) in [5, 5.41) is 2.92. The topological polar surface area (TPSA) is 62.0 Å². The van der Waals surface area contributed by atoms with Gasteiger partial charge in [0.2, 0.25) is 0 Å². The van der Waals surface area contributed by atoms with Gasteiger partial charge in [0, 0.05) is 18.7 Å². The molecule has 0 bridgehead atoms. The largest absolute Gasteiger partial charge is 0.355 e. The van der Waals surface area contributed by atoms with E-state index < -0.39 is 0 Å². The third kappa shape index (κ3) is 7.51. The fourth-order valence-electron chi connectivity index (χ4n) is 3.44. The van der Waals surface area contributed by atoms with Crippen molar-refractivity contribution >= 4 is 11.7 Å². The molecular formula is C23H40N2O2. The van der Waals surface area contributed by atoms with Gasteiger partial charge in [0.05, 0.1) is 11.3 Å². The normalized spacial score (nSPS) is 14.2. The molecule has 154 valence electrons. The van der Waals surface area contributed by atoms with Gasteiger partial charge in [-0.3, -0.25) is 9.59 Å². The maximum Gasteiger partial charge on any atom is 0.253 e. The van der Waals surface area contributed by atoms with E-state index in [1.807, 2.05) is 6.92 Å². The number of unbranched alkanes of at least 4 members (excludes halogenated alkanes) is 3. The highest BCUT2D eigenvalue weighted by Crippen LogP contribution is 2.26. The van der Waals surface area contributed by atoms with Crippen molar-refractivity contribution in [3.8, 4) is 0 Å². The van der Waals surface area contributed by atoms with E-state index in [1.165, 1.54) is 32.1 Å². The van der Waals surface area contributed by atoms with E-state index in [4.69, 9.17) is 0 Å². The van der Waals surface area contributed by atoms with E-state index in [0.29, 0.717) is 24.2 Å². The second kappa shape index (κ2) is 12.7. The lowest BCUT2D eigenvalue weighted by atomic mass is 9.93. The predicted molar refractivity (Wildman–Crippen MR) is 114 cm³/mol. The van der Waals surface area contributed by atoms with Gasteiger partial charge in [-0.1, -0.05) is 66.2 Å². The summed E-state index contributed by atoms with van der Waals surface area (Å²) in [5.74, 6) is 1.04. The number of carbonyl (C=O) groups excluding carboxylic acids is 2. The zero-order chi connectivity index (χ0) is 20.2. The lowest BCUT2D eigenvalue weighted by molar-refractivity contribution is 0.0952. The second-order valence-corrected chi connectivity index (χ2v) is 7.87. The number of ketones is 1. The van der Waals surface area contributed by atoms with Crippen LogP contribution in [0.3, 0.4) is 0 Å². The van der Waals surface area contributed by atoms with Crippen LogP contribution in [0.4, 0.5) is 0 Å². The van der Waals surface area contributed by atoms with Crippen molar-refractivity contribution < 1.29 is 9.59 Å². The molecule has 0 saturated heterocycles. The molecule has 4 nitrogen and oxygen atoms in total. The number of aryl methyl sites for hydroxylation is 1. The van der Waals surface area contributed by atoms with E-state index >= 15 is 0 Å². The van der Waals surface area contributed by atoms with Gasteiger partial charge in [-0.25, -0.2) is 0 Å². The molecule has 1 atom stereocenters. The number of aromatic amines is 1. The van der Waals surface area contributed by atoms with E-state index in [-0.39, 0.29) is 11.7 Å². The van der Waals surface area contributed by atoms with Crippen LogP contribution in [0.1, 0.15) is 118 Å². The summed E-state index contributed by atoms with van der Waals surface area (Å²) in [4.78, 5) is 27.0. The molecule has 0 fully saturated rings. The van der Waals surface area contributed by atoms with Crippen LogP contribution >= 0.6 is 0 Å². The fourth-order valence-corrected chi connectivity index (χ4v) is 3.44. The Morgan fingerprint density at radius 2 is 1.81 bits per heavy atom. The summed E-state index contributed by atoms with van der Waals surface area (Å²) in [6.45, 7) is 11.5. The molecule has 2 rings (SSSR count). The Hall–Kier alpha value is -1.58. The van der Waals surface area contributed by atoms with Crippen molar-refractivity contribution in [2.75, 3.05) is 6.54 Å². The minimum atomic E-state index is -0.0480. The Labute approximate surface area is 165 Å². The van der Waals surface area contributed by atoms with Gasteiger partial charge in [-0.05, 0) is 37.7 Å². The van der Waals surface area contributed by atoms with Crippen LogP contribution in [0.25, 0.3) is 0 Å². The van der Waals surface area contributed by atoms with Crippen molar-refractivity contribution in [3.63, 3.8) is 0 Å². The molecule has 0 saturated carbocycles. The molecule has 1 aromatic rings. The van der Waals surface area contributed by atoms with Crippen molar-refractivity contribution in [3.05, 3.63) is 22.5 Å². The number of Topliss-reactive ketones (excluding diaryl/α,β-unsaturated/α-hetero) is 1. The molecule has 0 spiro atoms. The summed E-state index contributed by atoms with van der Waals surface area (Å²) in [7, 11) is 0. The molecule has 0 aliphatic heterocycles. The zero-order valence-electron chi connectivity index (χ0n) is 18.2. The maximum atomic E-state index is 12.1. The minimum Gasteiger partial charge on any atom is -0.355 e. The predicted octanol–water partition coefficient (Wildman–Crippen LogP) is 5.98. The zero-order valence-corrected chi connectivity index (χ0v) is 18.2. The van der Waals surface area contributed by atoms with Crippen molar-refractivity contribution in [2.45, 2.75) is 98.8 Å². The quantitative estimate of drug-likeness (QED) is 0.520. The van der Waals surface area contributed by atoms with E-state index in [1.54, 1.807) is 0 Å². The van der Waals surface area contributed by atoms with Gasteiger partial charge in [-0.15, -0.1) is 0 Å². The molecule has 1 amide bonds. The smallest absolute Gasteiger partial charge is 0.253 e. The van der Waals surface area contributed by atoms with Crippen LogP contribution in [0, 0.1) is 12.8 Å². The SMILES string of the molecule is CCCCCC(C)CC.CCCCNC(=O)c1c(C)[nH]c2c1CCCC2=O. The highest BCUT2D eigenvalue weighted by Gasteiger charge is 2.26. The average molecular weight is 377 g/mol. The highest BCUT2D eigenvalue weighted by molar-refractivity contribution is 6.04. The molecule has 4 heteroatoms. The molecule has 27 heavy (non-hydrogen) atoms. The molecule has 1 aliphatic rings. The number of H-pyrrole nitrogens is 1. The second-order valence-electron chi connectivity index (χ2n) is 7.87. The van der Waals surface area contributed by atoms with E-state index in [2.05, 4.69) is 38.0 Å². The Morgan fingerprint density at radius 1 is 1.11 bits per heavy atom. The third-order valence-corrected chi connectivity index (χ3v) is 5.44. The van der Waals surface area contributed by atoms with Crippen LogP contribution in [-0.4, -0.2) is 23.2 Å². The number of rotatable bonds is 9. The van der Waals surface area contributed by atoms with Crippen LogP contribution < -0.4 is 5.32 Å². The number of hydrogen-bond acceptors (Lipinski definition) is 2. The summed E-state index contributed by atoms with van der Waals surface area (Å²) in [5.41, 5.74) is 3.07. The van der Waals surface area contributed by atoms with Crippen LogP contribution in [0.2, 0.25) is 0 Å². The highest BCUT2D eigenvalue weighted by atomic mass is 16.1. The lowest BCUT2D eigenvalue weighted by Crippen LogP contribution is -2.26. The molecule has 0 radical (unpaired) electrons. The molecule has 0 aromatic carbocycles. The summed E-state index contributed by atoms with van der Waals surface area (Å²) in [6.07, 6.45) is 11.3. The Kier molecular flexibility index (Phi) is 11.1. The standard InChI is InChI=1S/C14H20N2O2.C9H20/c1-3-4-8-15-14(18)12-9(2)16-13-10(12)6-5-7-11(13)17;1-4-6-7-8-9(3)5-2/h16H,3-8H2,1-2H3,(H,15,18);9H,4-8H2,1-3H3. The molecule has 1 heterocycles. The van der Waals surface area contributed by atoms with Crippen LogP contribution in [0.5, 0.6) is 0 Å². The number of aromatic nitrogens is 1. The summed E-state index contributed by atoms with van der Waals surface area (Å²) < 4.78 is 0. The molecule has 2 N–H and O–H groups in total. The van der Waals surface area contributed by atoms with Crippen molar-refractivity contribution in [1.82, 2.24) is 10.3 Å². The Morgan fingerprint density at radius 3 is 2.44 bits per heavy atom. The van der Waals surface area contributed by atoms with Crippen LogP contribution in [0.15, 0.2) is 0 Å². The summed E-state index contributed by atoms with van der Waals surface area (Å²) >= 11 is 0. The molecule has 1 unspecified atom stereocenters. The van der Waals surface area contributed by atoms with Gasteiger partial charge in [0.25, 0.3) is 5.91 Å². The lowest BCUT2D eigenvalue weighted by Gasteiger charge is -2.12. The first-order chi connectivity index (χ1) is 13.0. The number of hydrogen-bond donors (Lipinski definition) is 2. The van der Waals surface area contributed by atoms with E-state index in [9.17, 15) is 9.59 Å². The molecule has 1 aromatic heterocycles. The molecule has 1 aliphatic carbocycles. The van der Waals surface area contributed by atoms with Gasteiger partial charge < -0.3 is 10.3 Å².